The van der Waals surface area contributed by atoms with Crippen LogP contribution in [-0.2, 0) is 11.2 Å². The maximum Gasteiger partial charge on any atom is 0.225 e. The third-order valence-corrected chi connectivity index (χ3v) is 2.01. The van der Waals surface area contributed by atoms with Gasteiger partial charge in [-0.3, -0.25) is 4.79 Å². The number of rotatable bonds is 2. The molecule has 0 atom stereocenters. The molecular weight excluding hydrogens is 204 g/mol. The number of hydrogen-bond donors (Lipinski definition) is 1. The van der Waals surface area contributed by atoms with Crippen LogP contribution in [-0.4, -0.2) is 5.91 Å². The van der Waals surface area contributed by atoms with Crippen LogP contribution < -0.4 is 5.73 Å². The second-order valence-electron chi connectivity index (χ2n) is 3.10. The topological polar surface area (TPSA) is 56.2 Å². The van der Waals surface area contributed by atoms with Crippen LogP contribution in [0.1, 0.15) is 5.76 Å². The molecule has 0 saturated carbocycles. The number of carbonyl (C=O) groups excluding carboxylic acids is 1. The molecule has 0 aliphatic heterocycles. The van der Waals surface area contributed by atoms with Crippen molar-refractivity contribution in [3.8, 4) is 0 Å². The normalized spacial score (nSPS) is 10.8. The van der Waals surface area contributed by atoms with Gasteiger partial charge in [-0.25, -0.2) is 8.78 Å². The fourth-order valence-corrected chi connectivity index (χ4v) is 1.39. The lowest BCUT2D eigenvalue weighted by atomic mass is 10.2. The van der Waals surface area contributed by atoms with Gasteiger partial charge < -0.3 is 10.2 Å². The minimum atomic E-state index is -0.859. The van der Waals surface area contributed by atoms with Crippen molar-refractivity contribution in [1.82, 2.24) is 0 Å². The summed E-state index contributed by atoms with van der Waals surface area (Å²) in [6, 6.07) is 3.94. The van der Waals surface area contributed by atoms with Gasteiger partial charge in [-0.1, -0.05) is 6.07 Å². The molecule has 0 aliphatic rings. The molecule has 0 saturated heterocycles. The van der Waals surface area contributed by atoms with Crippen molar-refractivity contribution in [3.63, 3.8) is 0 Å². The van der Waals surface area contributed by atoms with Crippen LogP contribution in [0.5, 0.6) is 0 Å². The molecule has 1 heterocycles. The summed E-state index contributed by atoms with van der Waals surface area (Å²) in [4.78, 5) is 10.6. The van der Waals surface area contributed by atoms with Gasteiger partial charge >= 0.3 is 0 Å². The van der Waals surface area contributed by atoms with Gasteiger partial charge in [0.15, 0.2) is 5.82 Å². The van der Waals surface area contributed by atoms with Gasteiger partial charge in [0.1, 0.15) is 17.2 Å². The van der Waals surface area contributed by atoms with E-state index in [2.05, 4.69) is 0 Å². The Morgan fingerprint density at radius 2 is 2.13 bits per heavy atom. The van der Waals surface area contributed by atoms with Gasteiger partial charge in [0.2, 0.25) is 5.91 Å². The molecule has 0 bridgehead atoms. The molecular formula is C10H7F2NO2. The van der Waals surface area contributed by atoms with Crippen molar-refractivity contribution in [2.24, 2.45) is 5.73 Å². The highest BCUT2D eigenvalue weighted by molar-refractivity contribution is 5.82. The maximum absolute atomic E-state index is 13.5. The molecule has 0 unspecified atom stereocenters. The van der Waals surface area contributed by atoms with E-state index in [1.54, 1.807) is 0 Å². The number of amides is 1. The average molecular weight is 211 g/mol. The Bertz CT molecular complexity index is 533. The predicted octanol–water partition coefficient (Wildman–Crippen LogP) is 1.74. The first kappa shape index (κ1) is 9.64. The first-order valence-corrected chi connectivity index (χ1v) is 4.23. The lowest BCUT2D eigenvalue weighted by Crippen LogP contribution is -2.13. The van der Waals surface area contributed by atoms with Gasteiger partial charge in [0, 0.05) is 0 Å². The molecule has 1 aromatic heterocycles. The molecule has 2 N–H and O–H groups in total. The summed E-state index contributed by atoms with van der Waals surface area (Å²) in [6.07, 6.45) is -0.375. The maximum atomic E-state index is 13.5. The van der Waals surface area contributed by atoms with Crippen LogP contribution in [0, 0.1) is 11.6 Å². The molecule has 0 radical (unpaired) electrons. The predicted molar refractivity (Wildman–Crippen MR) is 49.0 cm³/mol. The Morgan fingerprint density at radius 3 is 2.73 bits per heavy atom. The van der Waals surface area contributed by atoms with E-state index in [1.807, 2.05) is 0 Å². The number of halogens is 2. The number of hydrogen-bond acceptors (Lipinski definition) is 2. The number of furan rings is 1. The highest BCUT2D eigenvalue weighted by Crippen LogP contribution is 2.26. The van der Waals surface area contributed by atoms with Crippen LogP contribution in [0.3, 0.4) is 0 Å². The molecule has 15 heavy (non-hydrogen) atoms. The SMILES string of the molecule is NC(=O)Cc1oc2cccc(F)c2c1F. The van der Waals surface area contributed by atoms with Crippen LogP contribution in [0.4, 0.5) is 8.78 Å². The quantitative estimate of drug-likeness (QED) is 0.822. The molecule has 0 aliphatic carbocycles. The first-order valence-electron chi connectivity index (χ1n) is 4.23. The van der Waals surface area contributed by atoms with Crippen LogP contribution in [0.25, 0.3) is 11.0 Å². The molecule has 78 valence electrons. The summed E-state index contributed by atoms with van der Waals surface area (Å²) in [5.41, 5.74) is 4.97. The molecule has 2 aromatic rings. The number of fused-ring (bicyclic) bond motifs is 1. The Hall–Kier alpha value is -1.91. The Balaban J connectivity index is 2.64. The Morgan fingerprint density at radius 1 is 1.40 bits per heavy atom. The zero-order valence-electron chi connectivity index (χ0n) is 7.59. The summed E-state index contributed by atoms with van der Waals surface area (Å²) in [7, 11) is 0. The number of primary amides is 1. The zero-order chi connectivity index (χ0) is 11.0. The van der Waals surface area contributed by atoms with E-state index in [-0.39, 0.29) is 23.2 Å². The van der Waals surface area contributed by atoms with Crippen LogP contribution in [0.2, 0.25) is 0 Å². The van der Waals surface area contributed by atoms with Crippen molar-refractivity contribution in [3.05, 3.63) is 35.6 Å². The molecule has 2 rings (SSSR count). The summed E-state index contributed by atoms with van der Waals surface area (Å²) >= 11 is 0. The molecule has 0 fully saturated rings. The average Bonchev–Trinajstić information content (AvgIpc) is 2.44. The highest BCUT2D eigenvalue weighted by atomic mass is 19.1. The summed E-state index contributed by atoms with van der Waals surface area (Å²) in [6.45, 7) is 0. The number of benzene rings is 1. The van der Waals surface area contributed by atoms with Gasteiger partial charge in [0.05, 0.1) is 11.8 Å². The largest absolute Gasteiger partial charge is 0.457 e. The second kappa shape index (κ2) is 3.34. The van der Waals surface area contributed by atoms with Crippen molar-refractivity contribution in [2.45, 2.75) is 6.42 Å². The minimum Gasteiger partial charge on any atom is -0.457 e. The zero-order valence-corrected chi connectivity index (χ0v) is 7.59. The molecule has 1 aromatic carbocycles. The van der Waals surface area contributed by atoms with Gasteiger partial charge in [-0.15, -0.1) is 0 Å². The van der Waals surface area contributed by atoms with Gasteiger partial charge in [0.25, 0.3) is 0 Å². The van der Waals surface area contributed by atoms with E-state index in [4.69, 9.17) is 10.2 Å². The van der Waals surface area contributed by atoms with Crippen molar-refractivity contribution < 1.29 is 18.0 Å². The standard InChI is InChI=1S/C10H7F2NO2/c11-5-2-1-3-6-9(5)10(12)7(15-6)4-8(13)14/h1-3H,4H2,(H2,13,14). The van der Waals surface area contributed by atoms with E-state index in [0.29, 0.717) is 0 Å². The summed E-state index contributed by atoms with van der Waals surface area (Å²) in [5, 5.41) is -0.242. The minimum absolute atomic E-state index is 0.0729. The van der Waals surface area contributed by atoms with Crippen molar-refractivity contribution >= 4 is 16.9 Å². The summed E-state index contributed by atoms with van der Waals surface area (Å²) < 4.78 is 31.7. The summed E-state index contributed by atoms with van der Waals surface area (Å²) in [5.74, 6) is -2.54. The first-order chi connectivity index (χ1) is 7.09. The lowest BCUT2D eigenvalue weighted by Gasteiger charge is -1.90. The molecule has 5 heteroatoms. The number of nitrogens with two attached hydrogens (primary N) is 1. The van der Waals surface area contributed by atoms with Crippen LogP contribution in [0.15, 0.2) is 22.6 Å². The molecule has 1 amide bonds. The highest BCUT2D eigenvalue weighted by Gasteiger charge is 2.18. The lowest BCUT2D eigenvalue weighted by molar-refractivity contribution is -0.117. The number of carbonyl (C=O) groups is 1. The second-order valence-corrected chi connectivity index (χ2v) is 3.10. The van der Waals surface area contributed by atoms with E-state index in [1.165, 1.54) is 12.1 Å². The molecule has 3 nitrogen and oxygen atoms in total. The van der Waals surface area contributed by atoms with Gasteiger partial charge in [-0.05, 0) is 12.1 Å². The Labute approximate surface area is 83.5 Å². The van der Waals surface area contributed by atoms with E-state index in [9.17, 15) is 13.6 Å². The fourth-order valence-electron chi connectivity index (χ4n) is 1.39. The Kier molecular flexibility index (Phi) is 2.15. The van der Waals surface area contributed by atoms with E-state index in [0.717, 1.165) is 6.07 Å². The van der Waals surface area contributed by atoms with E-state index >= 15 is 0 Å². The smallest absolute Gasteiger partial charge is 0.225 e. The van der Waals surface area contributed by atoms with Crippen molar-refractivity contribution in [2.75, 3.05) is 0 Å². The van der Waals surface area contributed by atoms with Crippen molar-refractivity contribution in [1.29, 1.82) is 0 Å². The van der Waals surface area contributed by atoms with Gasteiger partial charge in [-0.2, -0.15) is 0 Å². The molecule has 0 spiro atoms. The fraction of sp³-hybridized carbons (Fsp3) is 0.100. The monoisotopic (exact) mass is 211 g/mol. The third kappa shape index (κ3) is 1.56. The van der Waals surface area contributed by atoms with E-state index < -0.39 is 17.5 Å². The van der Waals surface area contributed by atoms with Crippen LogP contribution >= 0.6 is 0 Å². The third-order valence-electron chi connectivity index (χ3n) is 2.01.